The summed E-state index contributed by atoms with van der Waals surface area (Å²) >= 11 is 13.6. The quantitative estimate of drug-likeness (QED) is 0.775. The van der Waals surface area contributed by atoms with Gasteiger partial charge in [-0.05, 0) is 30.4 Å². The molecule has 0 unspecified atom stereocenters. The lowest BCUT2D eigenvalue weighted by atomic mass is 9.78. The van der Waals surface area contributed by atoms with E-state index in [1.165, 1.54) is 24.6 Å². The van der Waals surface area contributed by atoms with Crippen LogP contribution in [0.5, 0.6) is 0 Å². The van der Waals surface area contributed by atoms with Gasteiger partial charge in [0.25, 0.3) is 0 Å². The monoisotopic (exact) mass is 345 g/mol. The third-order valence-electron chi connectivity index (χ3n) is 4.32. The van der Waals surface area contributed by atoms with Crippen molar-refractivity contribution in [2.45, 2.75) is 44.0 Å². The maximum atomic E-state index is 12.1. The Bertz CT molecular complexity index is 489. The van der Waals surface area contributed by atoms with Gasteiger partial charge in [0.05, 0.1) is 15.8 Å². The predicted octanol–water partition coefficient (Wildman–Crippen LogP) is 5.03. The Morgan fingerprint density at radius 2 is 1.95 bits per heavy atom. The van der Waals surface area contributed by atoms with E-state index < -0.39 is 0 Å². The second-order valence-corrected chi connectivity index (χ2v) is 7.58. The average molecular weight is 346 g/mol. The minimum Gasteiger partial charge on any atom is -0.352 e. The number of carbonyl (C=O) groups excluding carboxylic acids is 1. The smallest absolute Gasteiger partial charge is 0.230 e. The van der Waals surface area contributed by atoms with Gasteiger partial charge in [-0.1, -0.05) is 56.0 Å². The standard InChI is InChI=1S/C16H21Cl2NOS/c1-10-5-3-8-14(11(10)2)19-15(20)9-21-16-12(17)6-4-7-13(16)18/h4,6-7,10-11,14H,3,5,8-9H2,1-2H3,(H,19,20)/t10-,11-,14-/m1/s1. The van der Waals surface area contributed by atoms with Crippen LogP contribution in [0.3, 0.4) is 0 Å². The summed E-state index contributed by atoms with van der Waals surface area (Å²) in [5, 5.41) is 4.36. The zero-order chi connectivity index (χ0) is 15.4. The predicted molar refractivity (Wildman–Crippen MR) is 91.3 cm³/mol. The van der Waals surface area contributed by atoms with Crippen LogP contribution in [-0.4, -0.2) is 17.7 Å². The topological polar surface area (TPSA) is 29.1 Å². The molecule has 1 aliphatic carbocycles. The Morgan fingerprint density at radius 3 is 2.62 bits per heavy atom. The van der Waals surface area contributed by atoms with E-state index in [-0.39, 0.29) is 5.91 Å². The molecule has 1 fully saturated rings. The Balaban J connectivity index is 1.88. The lowest BCUT2D eigenvalue weighted by molar-refractivity contribution is -0.119. The molecule has 1 saturated carbocycles. The Labute approximate surface area is 141 Å². The fourth-order valence-electron chi connectivity index (χ4n) is 2.79. The van der Waals surface area contributed by atoms with Crippen molar-refractivity contribution in [3.05, 3.63) is 28.2 Å². The highest BCUT2D eigenvalue weighted by molar-refractivity contribution is 8.00. The molecule has 116 valence electrons. The van der Waals surface area contributed by atoms with Crippen molar-refractivity contribution in [2.24, 2.45) is 11.8 Å². The van der Waals surface area contributed by atoms with Gasteiger partial charge in [0, 0.05) is 10.9 Å². The van der Waals surface area contributed by atoms with Gasteiger partial charge < -0.3 is 5.32 Å². The van der Waals surface area contributed by atoms with Crippen molar-refractivity contribution in [1.82, 2.24) is 5.32 Å². The van der Waals surface area contributed by atoms with Crippen LogP contribution in [0.25, 0.3) is 0 Å². The molecule has 0 spiro atoms. The first kappa shape index (κ1) is 17.0. The number of thioether (sulfide) groups is 1. The summed E-state index contributed by atoms with van der Waals surface area (Å²) in [6.07, 6.45) is 3.53. The average Bonchev–Trinajstić information content (AvgIpc) is 2.43. The third kappa shape index (κ3) is 4.54. The van der Waals surface area contributed by atoms with Crippen molar-refractivity contribution in [3.63, 3.8) is 0 Å². The molecule has 2 nitrogen and oxygen atoms in total. The number of nitrogens with one attached hydrogen (secondary N) is 1. The fraction of sp³-hybridized carbons (Fsp3) is 0.562. The van der Waals surface area contributed by atoms with E-state index in [4.69, 9.17) is 23.2 Å². The van der Waals surface area contributed by atoms with Crippen molar-refractivity contribution in [3.8, 4) is 0 Å². The Morgan fingerprint density at radius 1 is 1.29 bits per heavy atom. The van der Waals surface area contributed by atoms with Crippen molar-refractivity contribution >= 4 is 40.9 Å². The largest absolute Gasteiger partial charge is 0.352 e. The van der Waals surface area contributed by atoms with Crippen molar-refractivity contribution in [1.29, 1.82) is 0 Å². The number of hydrogen-bond acceptors (Lipinski definition) is 2. The molecule has 21 heavy (non-hydrogen) atoms. The number of amides is 1. The van der Waals surface area contributed by atoms with Crippen LogP contribution in [0.1, 0.15) is 33.1 Å². The van der Waals surface area contributed by atoms with Gasteiger partial charge in [0.15, 0.2) is 0 Å². The van der Waals surface area contributed by atoms with Crippen LogP contribution < -0.4 is 5.32 Å². The molecule has 1 aromatic rings. The molecular formula is C16H21Cl2NOS. The minimum atomic E-state index is 0.0573. The van der Waals surface area contributed by atoms with E-state index in [1.54, 1.807) is 18.2 Å². The van der Waals surface area contributed by atoms with E-state index in [9.17, 15) is 4.79 Å². The van der Waals surface area contributed by atoms with E-state index in [2.05, 4.69) is 19.2 Å². The summed E-state index contributed by atoms with van der Waals surface area (Å²) in [7, 11) is 0. The van der Waals surface area contributed by atoms with Gasteiger partial charge in [-0.15, -0.1) is 11.8 Å². The molecule has 0 saturated heterocycles. The summed E-state index contributed by atoms with van der Waals surface area (Å²) in [6, 6.07) is 5.68. The second-order valence-electron chi connectivity index (χ2n) is 5.78. The lowest BCUT2D eigenvalue weighted by Crippen LogP contribution is -2.44. The number of hydrogen-bond donors (Lipinski definition) is 1. The molecule has 3 atom stereocenters. The molecule has 2 rings (SSSR count). The van der Waals surface area contributed by atoms with Crippen LogP contribution in [0, 0.1) is 11.8 Å². The van der Waals surface area contributed by atoms with E-state index in [1.807, 2.05) is 0 Å². The van der Waals surface area contributed by atoms with Crippen LogP contribution in [0.4, 0.5) is 0 Å². The highest BCUT2D eigenvalue weighted by atomic mass is 35.5. The summed E-state index contributed by atoms with van der Waals surface area (Å²) in [5.74, 6) is 1.62. The molecule has 1 aliphatic rings. The summed E-state index contributed by atoms with van der Waals surface area (Å²) in [6.45, 7) is 4.49. The van der Waals surface area contributed by atoms with E-state index in [0.29, 0.717) is 33.7 Å². The summed E-state index contributed by atoms with van der Waals surface area (Å²) in [5.41, 5.74) is 0. The molecule has 1 amide bonds. The molecule has 0 heterocycles. The SMILES string of the molecule is C[C@@H]1[C@H](C)CCC[C@H]1NC(=O)CSc1c(Cl)cccc1Cl. The highest BCUT2D eigenvalue weighted by Crippen LogP contribution is 2.34. The number of benzene rings is 1. The number of halogens is 2. The van der Waals surface area contributed by atoms with Crippen LogP contribution in [0.15, 0.2) is 23.1 Å². The van der Waals surface area contributed by atoms with Gasteiger partial charge in [0.2, 0.25) is 5.91 Å². The van der Waals surface area contributed by atoms with Gasteiger partial charge in [-0.3, -0.25) is 4.79 Å². The first-order chi connectivity index (χ1) is 9.99. The zero-order valence-electron chi connectivity index (χ0n) is 12.4. The van der Waals surface area contributed by atoms with Crippen LogP contribution >= 0.6 is 35.0 Å². The number of carbonyl (C=O) groups is 1. The van der Waals surface area contributed by atoms with Gasteiger partial charge in [-0.2, -0.15) is 0 Å². The van der Waals surface area contributed by atoms with Gasteiger partial charge >= 0.3 is 0 Å². The third-order valence-corrected chi connectivity index (χ3v) is 6.31. The van der Waals surface area contributed by atoms with Gasteiger partial charge in [0.1, 0.15) is 0 Å². The fourth-order valence-corrected chi connectivity index (χ4v) is 4.29. The molecule has 5 heteroatoms. The van der Waals surface area contributed by atoms with E-state index in [0.717, 1.165) is 11.3 Å². The minimum absolute atomic E-state index is 0.0573. The first-order valence-electron chi connectivity index (χ1n) is 7.35. The molecular weight excluding hydrogens is 325 g/mol. The van der Waals surface area contributed by atoms with Crippen molar-refractivity contribution < 1.29 is 4.79 Å². The summed E-state index contributed by atoms with van der Waals surface area (Å²) in [4.78, 5) is 12.9. The molecule has 1 N–H and O–H groups in total. The van der Waals surface area contributed by atoms with Crippen LogP contribution in [0.2, 0.25) is 10.0 Å². The van der Waals surface area contributed by atoms with E-state index >= 15 is 0 Å². The first-order valence-corrected chi connectivity index (χ1v) is 9.09. The second kappa shape index (κ2) is 7.75. The van der Waals surface area contributed by atoms with Crippen molar-refractivity contribution in [2.75, 3.05) is 5.75 Å². The van der Waals surface area contributed by atoms with Crippen LogP contribution in [-0.2, 0) is 4.79 Å². The van der Waals surface area contributed by atoms with Gasteiger partial charge in [-0.25, -0.2) is 0 Å². The molecule has 0 radical (unpaired) electrons. The maximum absolute atomic E-state index is 12.1. The maximum Gasteiger partial charge on any atom is 0.230 e. The molecule has 0 aliphatic heterocycles. The number of rotatable bonds is 4. The molecule has 0 bridgehead atoms. The molecule has 1 aromatic carbocycles. The molecule has 0 aromatic heterocycles. The highest BCUT2D eigenvalue weighted by Gasteiger charge is 2.28. The lowest BCUT2D eigenvalue weighted by Gasteiger charge is -2.34. The Hall–Kier alpha value is -0.380. The summed E-state index contributed by atoms with van der Waals surface area (Å²) < 4.78 is 0. The zero-order valence-corrected chi connectivity index (χ0v) is 14.7. The Kier molecular flexibility index (Phi) is 6.27. The normalized spacial score (nSPS) is 25.6.